The lowest BCUT2D eigenvalue weighted by molar-refractivity contribution is 0.565. The summed E-state index contributed by atoms with van der Waals surface area (Å²) in [6.07, 6.45) is 1.30. The van der Waals surface area contributed by atoms with Crippen LogP contribution in [0, 0.1) is 0 Å². The van der Waals surface area contributed by atoms with Crippen molar-refractivity contribution in [1.82, 2.24) is 9.97 Å². The van der Waals surface area contributed by atoms with Crippen molar-refractivity contribution in [1.29, 1.82) is 0 Å². The van der Waals surface area contributed by atoms with Gasteiger partial charge in [-0.15, -0.1) is 4.99 Å². The van der Waals surface area contributed by atoms with E-state index in [0.29, 0.717) is 0 Å². The zero-order valence-corrected chi connectivity index (χ0v) is 8.67. The van der Waals surface area contributed by atoms with Gasteiger partial charge in [0.1, 0.15) is 0 Å². The highest BCUT2D eigenvalue weighted by molar-refractivity contribution is 7.78. The molecule has 1 aromatic rings. The van der Waals surface area contributed by atoms with Crippen LogP contribution in [0.25, 0.3) is 0 Å². The van der Waals surface area contributed by atoms with E-state index in [4.69, 9.17) is 0 Å². The fourth-order valence-corrected chi connectivity index (χ4v) is 0.896. The van der Waals surface area contributed by atoms with Gasteiger partial charge in [0.15, 0.2) is 11.6 Å². The molecule has 1 rings (SSSR count). The number of hydrogen-bond donors (Lipinski definition) is 0. The Morgan fingerprint density at radius 1 is 1.07 bits per heavy atom. The molecule has 0 fully saturated rings. The van der Waals surface area contributed by atoms with Crippen LogP contribution in [-0.2, 0) is 4.79 Å². The molecule has 0 bridgehead atoms. The summed E-state index contributed by atoms with van der Waals surface area (Å²) in [6, 6.07) is 1.39. The second-order valence-corrected chi connectivity index (χ2v) is 2.36. The Morgan fingerprint density at radius 2 is 1.60 bits per heavy atom. The average molecular weight is 235 g/mol. The second-order valence-electron chi connectivity index (χ2n) is 1.99. The molecule has 6 nitrogen and oxygen atoms in total. The molecule has 0 spiro atoms. The molecule has 8 heteroatoms. The summed E-state index contributed by atoms with van der Waals surface area (Å²) < 4.78 is 0. The third-order valence-corrected chi connectivity index (χ3v) is 1.34. The van der Waals surface area contributed by atoms with Crippen LogP contribution in [0.4, 0.5) is 17.6 Å². The minimum absolute atomic E-state index is 0.125. The topological polar surface area (TPSA) is 79.9 Å². The molecule has 0 aliphatic rings. The molecule has 0 saturated carbocycles. The number of nitrogens with zero attached hydrogens (tertiary/aromatic N) is 5. The minimum Gasteiger partial charge on any atom is -0.211 e. The molecule has 15 heavy (non-hydrogen) atoms. The van der Waals surface area contributed by atoms with E-state index >= 15 is 0 Å². The Hall–Kier alpha value is -1.94. The van der Waals surface area contributed by atoms with Crippen LogP contribution in [0.15, 0.2) is 21.0 Å². The number of hydrogen-bond acceptors (Lipinski definition) is 8. The predicted octanol–water partition coefficient (Wildman–Crippen LogP) is 1.91. The molecular weight excluding hydrogens is 234 g/mol. The van der Waals surface area contributed by atoms with Crippen molar-refractivity contribution in [2.24, 2.45) is 15.0 Å². The standard InChI is InChI=1S/C7HN5OS2/c13-2-8-7-11-5(9-3-14)1-6(12-7)10-4-15/h1H. The highest BCUT2D eigenvalue weighted by Gasteiger charge is 2.01. The summed E-state index contributed by atoms with van der Waals surface area (Å²) in [5, 5.41) is 4.22. The zero-order valence-electron chi connectivity index (χ0n) is 7.04. The van der Waals surface area contributed by atoms with Gasteiger partial charge in [-0.2, -0.15) is 20.0 Å². The van der Waals surface area contributed by atoms with Crippen LogP contribution in [0.3, 0.4) is 0 Å². The lowest BCUT2D eigenvalue weighted by Crippen LogP contribution is -1.81. The molecule has 0 aliphatic carbocycles. The molecule has 0 amide bonds. The first-order valence-electron chi connectivity index (χ1n) is 3.43. The molecule has 0 atom stereocenters. The summed E-state index contributed by atoms with van der Waals surface area (Å²) in [6.45, 7) is 0. The van der Waals surface area contributed by atoms with Crippen LogP contribution < -0.4 is 0 Å². The average Bonchev–Trinajstić information content (AvgIpc) is 2.19. The van der Waals surface area contributed by atoms with Crippen molar-refractivity contribution < 1.29 is 4.79 Å². The van der Waals surface area contributed by atoms with Gasteiger partial charge in [0, 0.05) is 6.07 Å². The quantitative estimate of drug-likeness (QED) is 0.454. The molecule has 1 heterocycles. The Bertz CT molecular complexity index is 436. The fourth-order valence-electron chi connectivity index (χ4n) is 0.709. The van der Waals surface area contributed by atoms with E-state index in [1.165, 1.54) is 12.1 Å². The van der Waals surface area contributed by atoms with Crippen LogP contribution in [0.5, 0.6) is 0 Å². The van der Waals surface area contributed by atoms with Crippen molar-refractivity contribution in [3.63, 3.8) is 0 Å². The van der Waals surface area contributed by atoms with E-state index < -0.39 is 0 Å². The smallest absolute Gasteiger partial charge is 0.211 e. The summed E-state index contributed by atoms with van der Waals surface area (Å²) in [5.41, 5.74) is 0. The van der Waals surface area contributed by atoms with Crippen molar-refractivity contribution in [2.45, 2.75) is 0 Å². The van der Waals surface area contributed by atoms with Crippen LogP contribution >= 0.6 is 24.4 Å². The predicted molar refractivity (Wildman–Crippen MR) is 59.2 cm³/mol. The molecule has 0 unspecified atom stereocenters. The number of aromatic nitrogens is 2. The highest BCUT2D eigenvalue weighted by atomic mass is 32.1. The van der Waals surface area contributed by atoms with Gasteiger partial charge < -0.3 is 0 Å². The largest absolute Gasteiger partial charge is 0.264 e. The SMILES string of the molecule is O=C=Nc1nc(N=C=S)cc(N=C=S)n1. The van der Waals surface area contributed by atoms with Crippen LogP contribution in [-0.4, -0.2) is 26.4 Å². The maximum Gasteiger partial charge on any atom is 0.264 e. The molecule has 72 valence electrons. The monoisotopic (exact) mass is 235 g/mol. The van der Waals surface area contributed by atoms with Crippen molar-refractivity contribution in [3.05, 3.63) is 6.07 Å². The Morgan fingerprint density at radius 3 is 2.00 bits per heavy atom. The summed E-state index contributed by atoms with van der Waals surface area (Å²) in [4.78, 5) is 27.9. The lowest BCUT2D eigenvalue weighted by Gasteiger charge is -1.94. The number of isothiocyanates is 2. The van der Waals surface area contributed by atoms with Gasteiger partial charge in [-0.05, 0) is 24.4 Å². The van der Waals surface area contributed by atoms with Crippen molar-refractivity contribution in [2.75, 3.05) is 0 Å². The van der Waals surface area contributed by atoms with Crippen LogP contribution in [0.2, 0.25) is 0 Å². The number of carbonyl (C=O) groups excluding carboxylic acids is 1. The Labute approximate surface area is 94.5 Å². The van der Waals surface area contributed by atoms with Gasteiger partial charge in [0.05, 0.1) is 10.3 Å². The molecule has 0 saturated heterocycles. The van der Waals surface area contributed by atoms with Gasteiger partial charge in [0.25, 0.3) is 5.95 Å². The second kappa shape index (κ2) is 5.72. The van der Waals surface area contributed by atoms with Crippen molar-refractivity contribution >= 4 is 58.4 Å². The van der Waals surface area contributed by atoms with Gasteiger partial charge in [0.2, 0.25) is 6.08 Å². The van der Waals surface area contributed by atoms with E-state index in [1.807, 2.05) is 0 Å². The summed E-state index contributed by atoms with van der Waals surface area (Å²) in [7, 11) is 0. The Kier molecular flexibility index (Phi) is 4.25. The first kappa shape index (κ1) is 11.1. The summed E-state index contributed by atoms with van der Waals surface area (Å²) in [5.74, 6) is 0.233. The van der Waals surface area contributed by atoms with E-state index in [-0.39, 0.29) is 17.6 Å². The molecule has 0 radical (unpaired) electrons. The first-order chi connectivity index (χ1) is 7.30. The van der Waals surface area contributed by atoms with Gasteiger partial charge >= 0.3 is 0 Å². The molecular formula is C7HN5OS2. The van der Waals surface area contributed by atoms with E-state index in [0.717, 1.165) is 0 Å². The number of aliphatic imine (C=N–C) groups is 3. The highest BCUT2D eigenvalue weighted by Crippen LogP contribution is 2.19. The van der Waals surface area contributed by atoms with Gasteiger partial charge in [-0.25, -0.2) is 4.79 Å². The zero-order chi connectivity index (χ0) is 11.1. The van der Waals surface area contributed by atoms with E-state index in [1.54, 1.807) is 0 Å². The lowest BCUT2D eigenvalue weighted by atomic mass is 10.5. The van der Waals surface area contributed by atoms with Gasteiger partial charge in [-0.3, -0.25) is 0 Å². The Balaban J connectivity index is 3.36. The van der Waals surface area contributed by atoms with Crippen molar-refractivity contribution in [3.8, 4) is 0 Å². The third-order valence-electron chi connectivity index (χ3n) is 1.15. The molecule has 1 aromatic heterocycles. The van der Waals surface area contributed by atoms with Gasteiger partial charge in [-0.1, -0.05) is 0 Å². The maximum atomic E-state index is 10.0. The number of thiocarbonyl (C=S) groups is 2. The third kappa shape index (κ3) is 3.36. The first-order valence-corrected chi connectivity index (χ1v) is 4.24. The minimum atomic E-state index is -0.125. The summed E-state index contributed by atoms with van der Waals surface area (Å²) >= 11 is 8.80. The number of isocyanates is 1. The van der Waals surface area contributed by atoms with E-state index in [2.05, 4.69) is 59.7 Å². The molecule has 0 aliphatic heterocycles. The van der Waals surface area contributed by atoms with E-state index in [9.17, 15) is 4.79 Å². The molecule has 0 N–H and O–H groups in total. The fraction of sp³-hybridized carbons (Fsp3) is 0. The number of rotatable bonds is 3. The van der Waals surface area contributed by atoms with Crippen LogP contribution in [0.1, 0.15) is 0 Å². The normalized spacial score (nSPS) is 8.00. The molecule has 0 aromatic carbocycles. The maximum absolute atomic E-state index is 10.0.